The van der Waals surface area contributed by atoms with Crippen molar-refractivity contribution in [3.05, 3.63) is 34.3 Å². The van der Waals surface area contributed by atoms with E-state index < -0.39 is 0 Å². The summed E-state index contributed by atoms with van der Waals surface area (Å²) in [6, 6.07) is 5.80. The molecule has 0 fully saturated rings. The molecular weight excluding hydrogens is 222 g/mol. The summed E-state index contributed by atoms with van der Waals surface area (Å²) in [6.45, 7) is 4.08. The minimum atomic E-state index is 0.252. The molecule has 4 heteroatoms. The zero-order valence-electron chi connectivity index (χ0n) is 9.37. The van der Waals surface area contributed by atoms with Crippen molar-refractivity contribution in [3.63, 3.8) is 0 Å². The van der Waals surface area contributed by atoms with Gasteiger partial charge in [0.05, 0.1) is 5.71 Å². The maximum absolute atomic E-state index is 5.92. The van der Waals surface area contributed by atoms with Gasteiger partial charge in [-0.25, -0.2) is 0 Å². The predicted octanol–water partition coefficient (Wildman–Crippen LogP) is 2.75. The molecule has 0 spiro atoms. The molecule has 1 aliphatic rings. The van der Waals surface area contributed by atoms with Gasteiger partial charge < -0.3 is 5.73 Å². The molecule has 2 N–H and O–H groups in total. The highest BCUT2D eigenvalue weighted by atomic mass is 35.5. The Hall–Kier alpha value is -1.35. The van der Waals surface area contributed by atoms with E-state index in [-0.39, 0.29) is 5.92 Å². The molecule has 1 aromatic rings. The van der Waals surface area contributed by atoms with Crippen molar-refractivity contribution in [2.75, 3.05) is 0 Å². The smallest absolute Gasteiger partial charge is 0.125 e. The van der Waals surface area contributed by atoms with Crippen LogP contribution in [0.3, 0.4) is 0 Å². The molecule has 84 valence electrons. The molecule has 0 radical (unpaired) electrons. The van der Waals surface area contributed by atoms with Crippen LogP contribution in [0.4, 0.5) is 0 Å². The lowest BCUT2D eigenvalue weighted by Gasteiger charge is -2.17. The molecule has 1 aromatic carbocycles. The predicted molar refractivity (Wildman–Crippen MR) is 68.1 cm³/mol. The maximum atomic E-state index is 5.92. The van der Waals surface area contributed by atoms with Gasteiger partial charge in [-0.15, -0.1) is 5.10 Å². The van der Waals surface area contributed by atoms with E-state index in [9.17, 15) is 0 Å². The van der Waals surface area contributed by atoms with Crippen molar-refractivity contribution in [1.82, 2.24) is 0 Å². The summed E-state index contributed by atoms with van der Waals surface area (Å²) in [7, 11) is 0. The van der Waals surface area contributed by atoms with Crippen molar-refractivity contribution in [3.8, 4) is 0 Å². The SMILES string of the molecule is Cc1cc(Cl)ccc1C1=NN=C(N)C(C)C1. The van der Waals surface area contributed by atoms with Gasteiger partial charge in [-0.3, -0.25) is 0 Å². The molecule has 2 rings (SSSR count). The van der Waals surface area contributed by atoms with Crippen LogP contribution in [0.2, 0.25) is 5.02 Å². The minimum absolute atomic E-state index is 0.252. The van der Waals surface area contributed by atoms with Crippen molar-refractivity contribution in [2.24, 2.45) is 21.9 Å². The van der Waals surface area contributed by atoms with Gasteiger partial charge in [-0.05, 0) is 24.6 Å². The first-order valence-electron chi connectivity index (χ1n) is 5.24. The number of nitrogens with zero attached hydrogens (tertiary/aromatic N) is 2. The Morgan fingerprint density at radius 2 is 2.12 bits per heavy atom. The summed E-state index contributed by atoms with van der Waals surface area (Å²) >= 11 is 5.92. The zero-order valence-corrected chi connectivity index (χ0v) is 10.1. The van der Waals surface area contributed by atoms with Gasteiger partial charge in [-0.1, -0.05) is 24.6 Å². The van der Waals surface area contributed by atoms with Crippen molar-refractivity contribution >= 4 is 23.1 Å². The third-order valence-electron chi connectivity index (χ3n) is 2.79. The van der Waals surface area contributed by atoms with Crippen LogP contribution in [-0.2, 0) is 0 Å². The quantitative estimate of drug-likeness (QED) is 0.800. The molecule has 1 heterocycles. The summed E-state index contributed by atoms with van der Waals surface area (Å²) in [6.07, 6.45) is 0.831. The second-order valence-corrected chi connectivity index (χ2v) is 4.57. The fourth-order valence-corrected chi connectivity index (χ4v) is 1.99. The zero-order chi connectivity index (χ0) is 11.7. The van der Waals surface area contributed by atoms with E-state index in [1.807, 2.05) is 25.1 Å². The van der Waals surface area contributed by atoms with Gasteiger partial charge in [-0.2, -0.15) is 5.10 Å². The number of benzene rings is 1. The van der Waals surface area contributed by atoms with E-state index in [0.717, 1.165) is 28.3 Å². The van der Waals surface area contributed by atoms with Gasteiger partial charge in [0.15, 0.2) is 0 Å². The molecular formula is C12H14ClN3. The molecule has 0 saturated heterocycles. The third kappa shape index (κ3) is 2.09. The standard InChI is InChI=1S/C12H14ClN3/c1-7-5-9(13)3-4-10(7)11-6-8(2)12(14)16-15-11/h3-5,8H,6H2,1-2H3,(H2,14,16). The van der Waals surface area contributed by atoms with E-state index in [1.54, 1.807) is 0 Å². The third-order valence-corrected chi connectivity index (χ3v) is 3.03. The Morgan fingerprint density at radius 3 is 2.75 bits per heavy atom. The largest absolute Gasteiger partial charge is 0.385 e. The molecule has 0 aliphatic carbocycles. The van der Waals surface area contributed by atoms with E-state index >= 15 is 0 Å². The molecule has 3 nitrogen and oxygen atoms in total. The lowest BCUT2D eigenvalue weighted by molar-refractivity contribution is 0.779. The number of amidine groups is 1. The molecule has 1 unspecified atom stereocenters. The van der Waals surface area contributed by atoms with E-state index in [1.165, 1.54) is 0 Å². The number of hydrogen-bond donors (Lipinski definition) is 1. The highest BCUT2D eigenvalue weighted by molar-refractivity contribution is 6.30. The van der Waals surface area contributed by atoms with Crippen molar-refractivity contribution < 1.29 is 0 Å². The van der Waals surface area contributed by atoms with Crippen molar-refractivity contribution in [1.29, 1.82) is 0 Å². The molecule has 1 atom stereocenters. The fourth-order valence-electron chi connectivity index (χ4n) is 1.77. The van der Waals surface area contributed by atoms with Crippen LogP contribution in [0, 0.1) is 12.8 Å². The summed E-state index contributed by atoms with van der Waals surface area (Å²) in [5.74, 6) is 0.859. The first kappa shape index (κ1) is 11.1. The number of rotatable bonds is 1. The molecule has 0 saturated carbocycles. The van der Waals surface area contributed by atoms with Crippen molar-refractivity contribution in [2.45, 2.75) is 20.3 Å². The average Bonchev–Trinajstić information content (AvgIpc) is 2.22. The minimum Gasteiger partial charge on any atom is -0.385 e. The Balaban J connectivity index is 2.39. The van der Waals surface area contributed by atoms with E-state index in [2.05, 4.69) is 17.1 Å². The monoisotopic (exact) mass is 235 g/mol. The van der Waals surface area contributed by atoms with Crippen LogP contribution < -0.4 is 5.73 Å². The molecule has 1 aliphatic heterocycles. The normalized spacial score (nSPS) is 20.3. The lowest BCUT2D eigenvalue weighted by atomic mass is 9.95. The summed E-state index contributed by atoms with van der Waals surface area (Å²) in [4.78, 5) is 0. The van der Waals surface area contributed by atoms with Crippen LogP contribution >= 0.6 is 11.6 Å². The van der Waals surface area contributed by atoms with Crippen LogP contribution in [0.15, 0.2) is 28.4 Å². The Kier molecular flexibility index (Phi) is 2.97. The fraction of sp³-hybridized carbons (Fsp3) is 0.333. The second kappa shape index (κ2) is 4.26. The maximum Gasteiger partial charge on any atom is 0.125 e. The highest BCUT2D eigenvalue weighted by Gasteiger charge is 2.18. The van der Waals surface area contributed by atoms with E-state index in [4.69, 9.17) is 17.3 Å². The first-order chi connectivity index (χ1) is 7.58. The molecule has 16 heavy (non-hydrogen) atoms. The Morgan fingerprint density at radius 1 is 1.38 bits per heavy atom. The van der Waals surface area contributed by atoms with Crippen LogP contribution in [0.1, 0.15) is 24.5 Å². The second-order valence-electron chi connectivity index (χ2n) is 4.14. The number of aryl methyl sites for hydroxylation is 1. The van der Waals surface area contributed by atoms with Gasteiger partial charge >= 0.3 is 0 Å². The lowest BCUT2D eigenvalue weighted by Crippen LogP contribution is -2.27. The Bertz CT molecular complexity index is 477. The summed E-state index contributed by atoms with van der Waals surface area (Å²) < 4.78 is 0. The van der Waals surface area contributed by atoms with Crippen LogP contribution in [-0.4, -0.2) is 11.5 Å². The number of halogens is 1. The van der Waals surface area contributed by atoms with Gasteiger partial charge in [0.2, 0.25) is 0 Å². The number of hydrogen-bond acceptors (Lipinski definition) is 3. The number of nitrogens with two attached hydrogens (primary N) is 1. The van der Waals surface area contributed by atoms with Gasteiger partial charge in [0.1, 0.15) is 5.84 Å². The molecule has 0 bridgehead atoms. The highest BCUT2D eigenvalue weighted by Crippen LogP contribution is 2.21. The topological polar surface area (TPSA) is 50.7 Å². The Labute approximate surface area is 100 Å². The average molecular weight is 236 g/mol. The van der Waals surface area contributed by atoms with E-state index in [0.29, 0.717) is 5.84 Å². The van der Waals surface area contributed by atoms with Crippen LogP contribution in [0.25, 0.3) is 0 Å². The molecule has 0 amide bonds. The van der Waals surface area contributed by atoms with Crippen LogP contribution in [0.5, 0.6) is 0 Å². The first-order valence-corrected chi connectivity index (χ1v) is 5.62. The van der Waals surface area contributed by atoms with Gasteiger partial charge in [0, 0.05) is 22.9 Å². The van der Waals surface area contributed by atoms with Gasteiger partial charge in [0.25, 0.3) is 0 Å². The summed E-state index contributed by atoms with van der Waals surface area (Å²) in [5.41, 5.74) is 8.91. The summed E-state index contributed by atoms with van der Waals surface area (Å²) in [5, 5.41) is 8.88. The molecule has 0 aromatic heterocycles.